The maximum absolute atomic E-state index is 8.50. The fraction of sp³-hybridized carbons (Fsp3) is 0.450. The topological polar surface area (TPSA) is 90.0 Å². The SMILES string of the molecule is COc1cc(-c2cnn(C)c2)ccc1C(=N)SC(=N)N1CC2(CCCNC2)C1. The number of nitrogens with one attached hydrogen (secondary N) is 3. The second kappa shape index (κ2) is 7.60. The third kappa shape index (κ3) is 3.66. The molecule has 2 aromatic rings. The molecule has 0 saturated carbocycles. The quantitative estimate of drug-likeness (QED) is 0.546. The van der Waals surface area contributed by atoms with Crippen molar-refractivity contribution in [1.29, 1.82) is 10.8 Å². The third-order valence-electron chi connectivity index (χ3n) is 5.58. The van der Waals surface area contributed by atoms with Gasteiger partial charge in [0.2, 0.25) is 0 Å². The first-order chi connectivity index (χ1) is 13.5. The molecule has 1 aromatic heterocycles. The van der Waals surface area contributed by atoms with Crippen molar-refractivity contribution in [1.82, 2.24) is 20.0 Å². The van der Waals surface area contributed by atoms with Gasteiger partial charge in [-0.05, 0) is 48.8 Å². The molecule has 0 aliphatic carbocycles. The molecular formula is C20H26N6OS. The van der Waals surface area contributed by atoms with Gasteiger partial charge < -0.3 is 15.0 Å². The fourth-order valence-electron chi connectivity index (χ4n) is 4.05. The lowest BCUT2D eigenvalue weighted by Gasteiger charge is -2.53. The summed E-state index contributed by atoms with van der Waals surface area (Å²) < 4.78 is 7.29. The lowest BCUT2D eigenvalue weighted by molar-refractivity contribution is 0.0355. The van der Waals surface area contributed by atoms with Gasteiger partial charge in [0, 0.05) is 49.4 Å². The fourth-order valence-corrected chi connectivity index (χ4v) is 4.78. The molecule has 2 aliphatic rings. The van der Waals surface area contributed by atoms with Crippen LogP contribution in [0.1, 0.15) is 18.4 Å². The number of methoxy groups -OCH3 is 1. The van der Waals surface area contributed by atoms with E-state index in [-0.39, 0.29) is 0 Å². The molecule has 148 valence electrons. The van der Waals surface area contributed by atoms with Gasteiger partial charge in [0.1, 0.15) is 10.8 Å². The number of rotatable bonds is 3. The number of aryl methyl sites for hydroxylation is 1. The Labute approximate surface area is 169 Å². The van der Waals surface area contributed by atoms with Crippen molar-refractivity contribution < 1.29 is 4.74 Å². The Morgan fingerprint density at radius 2 is 2.11 bits per heavy atom. The van der Waals surface area contributed by atoms with Crippen LogP contribution in [0.5, 0.6) is 5.75 Å². The highest BCUT2D eigenvalue weighted by atomic mass is 32.2. The number of thioether (sulfide) groups is 1. The van der Waals surface area contributed by atoms with E-state index in [1.54, 1.807) is 11.8 Å². The standard InChI is InChI=1S/C20H26N6OS/c1-25-10-15(9-24-25)14-4-5-16(17(8-14)27-2)18(21)28-19(22)26-12-20(13-26)6-3-7-23-11-20/h4-5,8-10,21-23H,3,6-7,11-13H2,1-2H3. The highest BCUT2D eigenvalue weighted by molar-refractivity contribution is 8.26. The normalized spacial score (nSPS) is 18.0. The van der Waals surface area contributed by atoms with Crippen molar-refractivity contribution in [3.63, 3.8) is 0 Å². The number of likely N-dealkylation sites (tertiary alicyclic amines) is 1. The molecule has 28 heavy (non-hydrogen) atoms. The minimum absolute atomic E-state index is 0.330. The van der Waals surface area contributed by atoms with E-state index in [0.717, 1.165) is 37.3 Å². The molecule has 2 fully saturated rings. The number of amidine groups is 1. The number of benzene rings is 1. The van der Waals surface area contributed by atoms with Crippen LogP contribution in [0.3, 0.4) is 0 Å². The van der Waals surface area contributed by atoms with Gasteiger partial charge in [0.15, 0.2) is 5.17 Å². The summed E-state index contributed by atoms with van der Waals surface area (Å²) in [5.74, 6) is 0.642. The molecule has 8 heteroatoms. The second-order valence-electron chi connectivity index (χ2n) is 7.69. The van der Waals surface area contributed by atoms with Crippen molar-refractivity contribution in [3.8, 4) is 16.9 Å². The van der Waals surface area contributed by atoms with Crippen LogP contribution in [0.2, 0.25) is 0 Å². The average molecular weight is 399 g/mol. The highest BCUT2D eigenvalue weighted by Gasteiger charge is 2.44. The molecule has 1 spiro atoms. The number of piperidine rings is 1. The molecule has 2 saturated heterocycles. The van der Waals surface area contributed by atoms with E-state index in [9.17, 15) is 0 Å². The lowest BCUT2D eigenvalue weighted by atomic mass is 9.74. The molecule has 1 aromatic carbocycles. The maximum Gasteiger partial charge on any atom is 0.162 e. The van der Waals surface area contributed by atoms with E-state index in [0.29, 0.717) is 26.9 Å². The third-order valence-corrected chi connectivity index (χ3v) is 6.46. The zero-order chi connectivity index (χ0) is 19.7. The van der Waals surface area contributed by atoms with Crippen molar-refractivity contribution >= 4 is 22.0 Å². The number of nitrogens with zero attached hydrogens (tertiary/aromatic N) is 3. The summed E-state index contributed by atoms with van der Waals surface area (Å²) >= 11 is 1.19. The van der Waals surface area contributed by atoms with Gasteiger partial charge in [-0.1, -0.05) is 6.07 Å². The monoisotopic (exact) mass is 398 g/mol. The van der Waals surface area contributed by atoms with Crippen LogP contribution in [-0.2, 0) is 7.05 Å². The number of ether oxygens (including phenoxy) is 1. The Bertz CT molecular complexity index is 894. The van der Waals surface area contributed by atoms with E-state index in [1.165, 1.54) is 24.6 Å². The molecule has 0 bridgehead atoms. The Kier molecular flexibility index (Phi) is 5.16. The summed E-state index contributed by atoms with van der Waals surface area (Å²) in [6, 6.07) is 5.80. The van der Waals surface area contributed by atoms with Gasteiger partial charge in [0.25, 0.3) is 0 Å². The van der Waals surface area contributed by atoms with Crippen LogP contribution in [0.4, 0.5) is 0 Å². The van der Waals surface area contributed by atoms with Crippen LogP contribution < -0.4 is 10.1 Å². The van der Waals surface area contributed by atoms with Crippen LogP contribution in [-0.4, -0.2) is 58.2 Å². The number of aromatic nitrogens is 2. The molecule has 3 heterocycles. The van der Waals surface area contributed by atoms with Gasteiger partial charge in [0.05, 0.1) is 13.3 Å². The van der Waals surface area contributed by atoms with Crippen molar-refractivity contribution in [2.45, 2.75) is 12.8 Å². The number of hydrogen-bond donors (Lipinski definition) is 3. The molecule has 0 radical (unpaired) electrons. The first-order valence-electron chi connectivity index (χ1n) is 9.48. The summed E-state index contributed by atoms with van der Waals surface area (Å²) in [6.07, 6.45) is 6.20. The molecule has 0 atom stereocenters. The zero-order valence-electron chi connectivity index (χ0n) is 16.3. The van der Waals surface area contributed by atoms with E-state index < -0.39 is 0 Å². The summed E-state index contributed by atoms with van der Waals surface area (Å²) in [4.78, 5) is 2.07. The van der Waals surface area contributed by atoms with E-state index >= 15 is 0 Å². The predicted octanol–water partition coefficient (Wildman–Crippen LogP) is 2.77. The molecule has 3 N–H and O–H groups in total. The first kappa shape index (κ1) is 19.0. The molecule has 4 rings (SSSR count). The van der Waals surface area contributed by atoms with E-state index in [1.807, 2.05) is 37.6 Å². The van der Waals surface area contributed by atoms with E-state index in [4.69, 9.17) is 15.6 Å². The van der Waals surface area contributed by atoms with Gasteiger partial charge in [-0.25, -0.2) is 0 Å². The van der Waals surface area contributed by atoms with Crippen molar-refractivity contribution in [2.75, 3.05) is 33.3 Å². The number of hydrogen-bond acceptors (Lipinski definition) is 6. The van der Waals surface area contributed by atoms with Crippen LogP contribution in [0.25, 0.3) is 11.1 Å². The predicted molar refractivity (Wildman–Crippen MR) is 113 cm³/mol. The van der Waals surface area contributed by atoms with Gasteiger partial charge in [-0.2, -0.15) is 5.10 Å². The Morgan fingerprint density at radius 1 is 1.29 bits per heavy atom. The second-order valence-corrected chi connectivity index (χ2v) is 8.69. The smallest absolute Gasteiger partial charge is 0.162 e. The van der Waals surface area contributed by atoms with Crippen molar-refractivity contribution in [3.05, 3.63) is 36.2 Å². The van der Waals surface area contributed by atoms with Crippen LogP contribution in [0, 0.1) is 16.2 Å². The van der Waals surface area contributed by atoms with Crippen LogP contribution in [0.15, 0.2) is 30.6 Å². The molecule has 7 nitrogen and oxygen atoms in total. The Morgan fingerprint density at radius 3 is 2.75 bits per heavy atom. The minimum Gasteiger partial charge on any atom is -0.496 e. The summed E-state index contributed by atoms with van der Waals surface area (Å²) in [6.45, 7) is 3.97. The van der Waals surface area contributed by atoms with Crippen molar-refractivity contribution in [2.24, 2.45) is 12.5 Å². The average Bonchev–Trinajstić information content (AvgIpc) is 3.12. The van der Waals surface area contributed by atoms with E-state index in [2.05, 4.69) is 15.3 Å². The Hall–Kier alpha value is -2.32. The largest absolute Gasteiger partial charge is 0.496 e. The zero-order valence-corrected chi connectivity index (χ0v) is 17.1. The minimum atomic E-state index is 0.330. The summed E-state index contributed by atoms with van der Waals surface area (Å²) in [7, 11) is 3.50. The Balaban J connectivity index is 1.42. The van der Waals surface area contributed by atoms with Gasteiger partial charge in [-0.3, -0.25) is 15.5 Å². The molecule has 2 aliphatic heterocycles. The van der Waals surface area contributed by atoms with Gasteiger partial charge >= 0.3 is 0 Å². The summed E-state index contributed by atoms with van der Waals surface area (Å²) in [5, 5.41) is 25.4. The lowest BCUT2D eigenvalue weighted by Crippen LogP contribution is -2.63. The maximum atomic E-state index is 8.50. The molecule has 0 unspecified atom stereocenters. The molecule has 0 amide bonds. The summed E-state index contributed by atoms with van der Waals surface area (Å²) in [5.41, 5.74) is 3.04. The molecular weight excluding hydrogens is 372 g/mol. The van der Waals surface area contributed by atoms with Crippen LogP contribution >= 0.6 is 11.8 Å². The highest BCUT2D eigenvalue weighted by Crippen LogP contribution is 2.38. The van der Waals surface area contributed by atoms with Gasteiger partial charge in [-0.15, -0.1) is 0 Å². The first-order valence-corrected chi connectivity index (χ1v) is 10.3.